The fourth-order valence-corrected chi connectivity index (χ4v) is 6.52. The van der Waals surface area contributed by atoms with E-state index < -0.39 is 4.87 Å². The van der Waals surface area contributed by atoms with Crippen LogP contribution >= 0.6 is 62.3 Å². The van der Waals surface area contributed by atoms with Gasteiger partial charge in [-0.3, -0.25) is 4.99 Å². The molecule has 1 unspecified atom stereocenters. The third-order valence-corrected chi connectivity index (χ3v) is 9.11. The number of rotatable bonds is 6. The summed E-state index contributed by atoms with van der Waals surface area (Å²) < 4.78 is 0.824. The largest absolute Gasteiger partial charge is 0.367 e. The first-order valence-corrected chi connectivity index (χ1v) is 14.5. The first-order chi connectivity index (χ1) is 18.8. The number of aromatic nitrogens is 1. The topological polar surface area (TPSA) is 66.2 Å². The Balaban J connectivity index is 1.39. The number of nitrogens with two attached hydrogens (primary N) is 1. The lowest BCUT2D eigenvalue weighted by molar-refractivity contribution is 0.958. The summed E-state index contributed by atoms with van der Waals surface area (Å²) in [6.07, 6.45) is 5.81. The molecule has 0 fully saturated rings. The average molecular weight is 659 g/mol. The van der Waals surface area contributed by atoms with E-state index >= 15 is 0 Å². The maximum Gasteiger partial charge on any atom is 0.112 e. The zero-order valence-electron chi connectivity index (χ0n) is 20.3. The van der Waals surface area contributed by atoms with E-state index in [9.17, 15) is 0 Å². The molecule has 1 aliphatic heterocycles. The van der Waals surface area contributed by atoms with Gasteiger partial charge in [0.05, 0.1) is 16.4 Å². The molecule has 6 rings (SSSR count). The van der Waals surface area contributed by atoms with Gasteiger partial charge < -0.3 is 16.0 Å². The standard InChI is InChI=1S/C30H21BrCl4N4/c31-22-12-26-18(11-24(22)34)28(16-4-2-1-3-5-16)29(39-26)37-15-20-19-13-30(35,9-8-25(19)38-27(20)14-36)21-7-6-17(32)10-23(21)33/h1-13,37,39H,14-15,36H2. The minimum Gasteiger partial charge on any atom is -0.367 e. The van der Waals surface area contributed by atoms with Crippen LogP contribution in [-0.4, -0.2) is 23.8 Å². The van der Waals surface area contributed by atoms with Crippen molar-refractivity contribution >= 4 is 84.8 Å². The number of nitrogens with one attached hydrogen (secondary N) is 2. The van der Waals surface area contributed by atoms with Gasteiger partial charge in [0, 0.05) is 55.2 Å². The summed E-state index contributed by atoms with van der Waals surface area (Å²) in [6.45, 7) is 0.769. The lowest BCUT2D eigenvalue weighted by atomic mass is 9.86. The van der Waals surface area contributed by atoms with E-state index in [-0.39, 0.29) is 0 Å². The number of fused-ring (bicyclic) bond motifs is 2. The second-order valence-electron chi connectivity index (χ2n) is 9.32. The summed E-state index contributed by atoms with van der Waals surface area (Å²) in [4.78, 5) is 7.37. The van der Waals surface area contributed by atoms with Crippen LogP contribution < -0.4 is 11.1 Å². The number of hydrogen-bond donors (Lipinski definition) is 3. The van der Waals surface area contributed by atoms with Crippen molar-refractivity contribution in [1.82, 2.24) is 4.98 Å². The van der Waals surface area contributed by atoms with Crippen LogP contribution in [0.4, 0.5) is 5.82 Å². The van der Waals surface area contributed by atoms with Gasteiger partial charge in [0.25, 0.3) is 0 Å². The van der Waals surface area contributed by atoms with Crippen LogP contribution in [0.25, 0.3) is 22.0 Å². The van der Waals surface area contributed by atoms with Crippen molar-refractivity contribution in [2.45, 2.75) is 4.87 Å². The van der Waals surface area contributed by atoms with Crippen molar-refractivity contribution in [3.8, 4) is 11.1 Å². The number of benzene rings is 3. The Morgan fingerprint density at radius 3 is 2.54 bits per heavy atom. The second kappa shape index (κ2) is 10.5. The molecule has 196 valence electrons. The van der Waals surface area contributed by atoms with Crippen LogP contribution in [-0.2, 0) is 4.87 Å². The third-order valence-electron chi connectivity index (χ3n) is 6.92. The lowest BCUT2D eigenvalue weighted by Crippen LogP contribution is -2.21. The average Bonchev–Trinajstić information content (AvgIpc) is 3.44. The number of anilines is 1. The van der Waals surface area contributed by atoms with Crippen molar-refractivity contribution in [3.05, 3.63) is 121 Å². The molecule has 3 aromatic carbocycles. The normalized spacial score (nSPS) is 18.4. The molecular weight excluding hydrogens is 638 g/mol. The molecule has 2 aliphatic rings. The summed E-state index contributed by atoms with van der Waals surface area (Å²) in [6, 6.07) is 19.5. The Bertz CT molecular complexity index is 1750. The Kier molecular flexibility index (Phi) is 7.17. The molecule has 4 N–H and O–H groups in total. The van der Waals surface area contributed by atoms with Crippen molar-refractivity contribution in [2.75, 3.05) is 18.4 Å². The van der Waals surface area contributed by atoms with Crippen LogP contribution in [0.1, 0.15) is 5.56 Å². The third kappa shape index (κ3) is 4.86. The summed E-state index contributed by atoms with van der Waals surface area (Å²) in [5.41, 5.74) is 13.5. The molecule has 0 saturated heterocycles. The molecule has 4 aromatic rings. The molecule has 4 nitrogen and oxygen atoms in total. The van der Waals surface area contributed by atoms with E-state index in [2.05, 4.69) is 38.4 Å². The molecule has 1 aliphatic carbocycles. The van der Waals surface area contributed by atoms with Gasteiger partial charge in [-0.05, 0) is 63.5 Å². The van der Waals surface area contributed by atoms with Crippen LogP contribution in [0.2, 0.25) is 15.1 Å². The van der Waals surface area contributed by atoms with E-state index in [1.165, 1.54) is 0 Å². The van der Waals surface area contributed by atoms with Gasteiger partial charge in [0.1, 0.15) is 10.7 Å². The zero-order valence-corrected chi connectivity index (χ0v) is 24.9. The lowest BCUT2D eigenvalue weighted by Gasteiger charge is -2.26. The summed E-state index contributed by atoms with van der Waals surface area (Å²) in [7, 11) is 0. The van der Waals surface area contributed by atoms with Crippen LogP contribution in [0.15, 0.2) is 105 Å². The highest BCUT2D eigenvalue weighted by molar-refractivity contribution is 9.10. The monoisotopic (exact) mass is 656 g/mol. The van der Waals surface area contributed by atoms with Gasteiger partial charge in [0.2, 0.25) is 0 Å². The zero-order chi connectivity index (χ0) is 27.3. The van der Waals surface area contributed by atoms with Gasteiger partial charge in [-0.25, -0.2) is 0 Å². The molecule has 9 heteroatoms. The van der Waals surface area contributed by atoms with Crippen molar-refractivity contribution < 1.29 is 0 Å². The quantitative estimate of drug-likeness (QED) is 0.181. The van der Waals surface area contributed by atoms with Gasteiger partial charge >= 0.3 is 0 Å². The van der Waals surface area contributed by atoms with Crippen LogP contribution in [0.3, 0.4) is 0 Å². The molecule has 2 heterocycles. The van der Waals surface area contributed by atoms with E-state index in [0.717, 1.165) is 60.4 Å². The highest BCUT2D eigenvalue weighted by atomic mass is 79.9. The van der Waals surface area contributed by atoms with Gasteiger partial charge in [-0.2, -0.15) is 0 Å². The van der Waals surface area contributed by atoms with Crippen LogP contribution in [0.5, 0.6) is 0 Å². The molecule has 1 atom stereocenters. The molecular formula is C30H21BrCl4N4. The van der Waals surface area contributed by atoms with E-state index in [0.29, 0.717) is 28.2 Å². The number of H-pyrrole nitrogens is 1. The molecule has 0 bridgehead atoms. The van der Waals surface area contributed by atoms with Crippen molar-refractivity contribution in [1.29, 1.82) is 0 Å². The summed E-state index contributed by atoms with van der Waals surface area (Å²) in [5, 5.41) is 6.32. The van der Waals surface area contributed by atoms with E-state index in [1.807, 2.05) is 54.6 Å². The second-order valence-corrected chi connectivity index (χ2v) is 12.0. The predicted molar refractivity (Wildman–Crippen MR) is 170 cm³/mol. The van der Waals surface area contributed by atoms with E-state index in [4.69, 9.17) is 57.1 Å². The number of aromatic amines is 1. The molecule has 0 amide bonds. The van der Waals surface area contributed by atoms with Gasteiger partial charge in [-0.15, -0.1) is 11.6 Å². The van der Waals surface area contributed by atoms with E-state index in [1.54, 1.807) is 12.1 Å². The predicted octanol–water partition coefficient (Wildman–Crippen LogP) is 9.27. The van der Waals surface area contributed by atoms with Crippen LogP contribution in [0, 0.1) is 0 Å². The fraction of sp³-hybridized carbons (Fsp3) is 0.100. The minimum absolute atomic E-state index is 0.295. The number of halogens is 5. The number of hydrogen-bond acceptors (Lipinski definition) is 3. The van der Waals surface area contributed by atoms with Gasteiger partial charge in [0.15, 0.2) is 0 Å². The highest BCUT2D eigenvalue weighted by Crippen LogP contribution is 2.44. The summed E-state index contributed by atoms with van der Waals surface area (Å²) >= 11 is 29.8. The Morgan fingerprint density at radius 1 is 1.00 bits per heavy atom. The molecule has 0 radical (unpaired) electrons. The Morgan fingerprint density at radius 2 is 1.79 bits per heavy atom. The van der Waals surface area contributed by atoms with Crippen molar-refractivity contribution in [2.24, 2.45) is 10.7 Å². The highest BCUT2D eigenvalue weighted by Gasteiger charge is 2.34. The Labute approximate surface area is 254 Å². The molecule has 0 spiro atoms. The van der Waals surface area contributed by atoms with Crippen molar-refractivity contribution in [3.63, 3.8) is 0 Å². The number of aliphatic imine (C=N–C) groups is 1. The minimum atomic E-state index is -0.954. The smallest absolute Gasteiger partial charge is 0.112 e. The number of allylic oxidation sites excluding steroid dienone is 3. The first kappa shape index (κ1) is 26.7. The molecule has 0 saturated carbocycles. The maximum absolute atomic E-state index is 7.14. The molecule has 39 heavy (non-hydrogen) atoms. The number of alkyl halides is 1. The summed E-state index contributed by atoms with van der Waals surface area (Å²) in [5.74, 6) is 0.868. The SMILES string of the molecule is NCC1=C(CNc2[nH]c3cc(Br)c(Cl)cc3c2-c2ccccc2)C2=CC(Cl)(c3ccc(Cl)cc3Cl)C=CC2=N1. The Hall–Kier alpha value is -2.51. The first-order valence-electron chi connectivity index (χ1n) is 12.2. The number of nitrogens with zero attached hydrogens (tertiary/aromatic N) is 1. The fourth-order valence-electron chi connectivity index (χ4n) is 5.07. The molecule has 1 aromatic heterocycles. The van der Waals surface area contributed by atoms with Gasteiger partial charge in [-0.1, -0.05) is 77.3 Å². The maximum atomic E-state index is 7.14.